The summed E-state index contributed by atoms with van der Waals surface area (Å²) in [6, 6.07) is 15.3. The molecule has 2 heteroatoms. The highest BCUT2D eigenvalue weighted by atomic mass is 35.5. The summed E-state index contributed by atoms with van der Waals surface area (Å²) in [5, 5.41) is 0.101. The van der Waals surface area contributed by atoms with E-state index in [1.54, 1.807) is 0 Å². The van der Waals surface area contributed by atoms with Gasteiger partial charge in [-0.25, -0.2) is 0 Å². The van der Waals surface area contributed by atoms with Crippen molar-refractivity contribution >= 4 is 11.6 Å². The second-order valence-electron chi connectivity index (χ2n) is 6.14. The molecule has 4 rings (SSSR count). The van der Waals surface area contributed by atoms with E-state index in [0.717, 1.165) is 31.6 Å². The summed E-state index contributed by atoms with van der Waals surface area (Å²) in [5.41, 5.74) is 5.54. The average Bonchev–Trinajstić information content (AvgIpc) is 3.01. The van der Waals surface area contributed by atoms with Gasteiger partial charge in [-0.1, -0.05) is 36.4 Å². The molecule has 21 heavy (non-hydrogen) atoms. The Hall–Kier alpha value is -1.47. The van der Waals surface area contributed by atoms with Gasteiger partial charge in [0.2, 0.25) is 0 Å². The summed E-state index contributed by atoms with van der Waals surface area (Å²) < 4.78 is 5.58. The van der Waals surface area contributed by atoms with E-state index < -0.39 is 0 Å². The van der Waals surface area contributed by atoms with Crippen LogP contribution in [0.3, 0.4) is 0 Å². The Kier molecular flexibility index (Phi) is 3.39. The number of rotatable bonds is 2. The standard InChI is InChI=1S/C19H19ClO/c20-19(17-7-8-18-15(12-17)9-10-21-18)16-6-5-13-3-1-2-4-14(13)11-16/h1-4,7-8,12,16,19H,5-6,9-11H2. The van der Waals surface area contributed by atoms with Crippen LogP contribution in [0.15, 0.2) is 42.5 Å². The molecule has 0 saturated heterocycles. The second kappa shape index (κ2) is 5.38. The molecule has 2 aromatic carbocycles. The Morgan fingerprint density at radius 2 is 1.86 bits per heavy atom. The zero-order chi connectivity index (χ0) is 14.2. The molecule has 0 N–H and O–H groups in total. The van der Waals surface area contributed by atoms with E-state index in [2.05, 4.69) is 42.5 Å². The number of ether oxygens (including phenoxy) is 1. The van der Waals surface area contributed by atoms with E-state index in [9.17, 15) is 0 Å². The smallest absolute Gasteiger partial charge is 0.122 e. The van der Waals surface area contributed by atoms with Gasteiger partial charge < -0.3 is 4.74 Å². The maximum atomic E-state index is 6.81. The van der Waals surface area contributed by atoms with Gasteiger partial charge >= 0.3 is 0 Å². The summed E-state index contributed by atoms with van der Waals surface area (Å²) in [6.07, 6.45) is 4.44. The van der Waals surface area contributed by atoms with Crippen LogP contribution in [-0.2, 0) is 19.3 Å². The molecular weight excluding hydrogens is 280 g/mol. The van der Waals surface area contributed by atoms with Gasteiger partial charge in [-0.3, -0.25) is 0 Å². The fourth-order valence-electron chi connectivity index (χ4n) is 3.63. The van der Waals surface area contributed by atoms with Crippen LogP contribution in [0.25, 0.3) is 0 Å². The molecule has 0 radical (unpaired) electrons. The second-order valence-corrected chi connectivity index (χ2v) is 6.61. The first-order chi connectivity index (χ1) is 10.3. The van der Waals surface area contributed by atoms with Crippen molar-refractivity contribution in [3.63, 3.8) is 0 Å². The first kappa shape index (κ1) is 13.2. The maximum Gasteiger partial charge on any atom is 0.122 e. The van der Waals surface area contributed by atoms with Crippen molar-refractivity contribution in [3.05, 3.63) is 64.7 Å². The quantitative estimate of drug-likeness (QED) is 0.730. The SMILES string of the molecule is ClC(c1ccc2c(c1)CCO2)C1CCc2ccccc2C1. The summed E-state index contributed by atoms with van der Waals surface area (Å²) in [6.45, 7) is 0.808. The zero-order valence-electron chi connectivity index (χ0n) is 12.0. The van der Waals surface area contributed by atoms with Gasteiger partial charge in [0.25, 0.3) is 0 Å². The van der Waals surface area contributed by atoms with Crippen LogP contribution < -0.4 is 4.74 Å². The predicted molar refractivity (Wildman–Crippen MR) is 86.2 cm³/mol. The minimum Gasteiger partial charge on any atom is -0.493 e. The van der Waals surface area contributed by atoms with E-state index in [-0.39, 0.29) is 5.38 Å². The topological polar surface area (TPSA) is 9.23 Å². The maximum absolute atomic E-state index is 6.81. The Bertz CT molecular complexity index is 664. The molecule has 108 valence electrons. The molecule has 0 saturated carbocycles. The zero-order valence-corrected chi connectivity index (χ0v) is 12.8. The summed E-state index contributed by atoms with van der Waals surface area (Å²) in [7, 11) is 0. The number of benzene rings is 2. The highest BCUT2D eigenvalue weighted by Gasteiger charge is 2.26. The Balaban J connectivity index is 1.57. The van der Waals surface area contributed by atoms with Gasteiger partial charge in [-0.05, 0) is 53.5 Å². The third-order valence-corrected chi connectivity index (χ3v) is 5.44. The van der Waals surface area contributed by atoms with E-state index in [1.165, 1.54) is 28.7 Å². The van der Waals surface area contributed by atoms with Crippen LogP contribution in [0.2, 0.25) is 0 Å². The summed E-state index contributed by atoms with van der Waals surface area (Å²) in [5.74, 6) is 1.57. The Morgan fingerprint density at radius 3 is 2.76 bits per heavy atom. The molecule has 0 aromatic heterocycles. The number of halogens is 1. The molecule has 2 atom stereocenters. The summed E-state index contributed by atoms with van der Waals surface area (Å²) >= 11 is 6.81. The molecule has 2 aromatic rings. The number of hydrogen-bond acceptors (Lipinski definition) is 1. The Labute approximate surface area is 130 Å². The lowest BCUT2D eigenvalue weighted by atomic mass is 9.80. The van der Waals surface area contributed by atoms with Gasteiger partial charge in [-0.15, -0.1) is 11.6 Å². The largest absolute Gasteiger partial charge is 0.493 e. The fourth-order valence-corrected chi connectivity index (χ4v) is 3.98. The third-order valence-electron chi connectivity index (χ3n) is 4.83. The molecule has 0 fully saturated rings. The molecule has 0 spiro atoms. The van der Waals surface area contributed by atoms with Gasteiger partial charge in [-0.2, -0.15) is 0 Å². The minimum absolute atomic E-state index is 0.101. The summed E-state index contributed by atoms with van der Waals surface area (Å²) in [4.78, 5) is 0. The van der Waals surface area contributed by atoms with Crippen molar-refractivity contribution < 1.29 is 4.74 Å². The number of hydrogen-bond donors (Lipinski definition) is 0. The van der Waals surface area contributed by atoms with Crippen molar-refractivity contribution in [2.24, 2.45) is 5.92 Å². The van der Waals surface area contributed by atoms with Crippen molar-refractivity contribution in [3.8, 4) is 5.75 Å². The highest BCUT2D eigenvalue weighted by Crippen LogP contribution is 2.40. The van der Waals surface area contributed by atoms with Gasteiger partial charge in [0.1, 0.15) is 5.75 Å². The van der Waals surface area contributed by atoms with Crippen molar-refractivity contribution in [2.45, 2.75) is 31.1 Å². The van der Waals surface area contributed by atoms with Crippen LogP contribution in [0.5, 0.6) is 5.75 Å². The minimum atomic E-state index is 0.101. The lowest BCUT2D eigenvalue weighted by Gasteiger charge is -2.28. The molecule has 1 heterocycles. The van der Waals surface area contributed by atoms with E-state index in [1.807, 2.05) is 0 Å². The molecule has 2 unspecified atom stereocenters. The number of fused-ring (bicyclic) bond motifs is 2. The van der Waals surface area contributed by atoms with Gasteiger partial charge in [0.05, 0.1) is 12.0 Å². The van der Waals surface area contributed by atoms with E-state index >= 15 is 0 Å². The van der Waals surface area contributed by atoms with Gasteiger partial charge in [0.15, 0.2) is 0 Å². The number of aryl methyl sites for hydroxylation is 1. The molecule has 2 aliphatic rings. The van der Waals surface area contributed by atoms with Crippen molar-refractivity contribution in [1.82, 2.24) is 0 Å². The van der Waals surface area contributed by atoms with Crippen molar-refractivity contribution in [2.75, 3.05) is 6.61 Å². The lowest BCUT2D eigenvalue weighted by molar-refractivity contribution is 0.356. The Morgan fingerprint density at radius 1 is 1.00 bits per heavy atom. The van der Waals surface area contributed by atoms with Gasteiger partial charge in [0, 0.05) is 6.42 Å². The lowest BCUT2D eigenvalue weighted by Crippen LogP contribution is -2.18. The van der Waals surface area contributed by atoms with Crippen molar-refractivity contribution in [1.29, 1.82) is 0 Å². The van der Waals surface area contributed by atoms with Crippen LogP contribution in [0.1, 0.15) is 34.1 Å². The number of alkyl halides is 1. The van der Waals surface area contributed by atoms with Crippen LogP contribution in [0.4, 0.5) is 0 Å². The predicted octanol–water partition coefficient (Wildman–Crippen LogP) is 4.71. The van der Waals surface area contributed by atoms with Crippen LogP contribution in [-0.4, -0.2) is 6.61 Å². The molecule has 1 nitrogen and oxygen atoms in total. The van der Waals surface area contributed by atoms with Crippen LogP contribution in [0, 0.1) is 5.92 Å². The molecule has 0 bridgehead atoms. The van der Waals surface area contributed by atoms with E-state index in [0.29, 0.717) is 5.92 Å². The monoisotopic (exact) mass is 298 g/mol. The fraction of sp³-hybridized carbons (Fsp3) is 0.368. The third kappa shape index (κ3) is 2.44. The molecule has 1 aliphatic carbocycles. The molecular formula is C19H19ClO. The van der Waals surface area contributed by atoms with Crippen LogP contribution >= 0.6 is 11.6 Å². The molecule has 1 aliphatic heterocycles. The first-order valence-corrected chi connectivity index (χ1v) is 8.21. The first-order valence-electron chi connectivity index (χ1n) is 7.78. The highest BCUT2D eigenvalue weighted by molar-refractivity contribution is 6.21. The molecule has 0 amide bonds. The average molecular weight is 299 g/mol. The normalized spacial score (nSPS) is 21.3. The van der Waals surface area contributed by atoms with E-state index in [4.69, 9.17) is 16.3 Å².